The Kier molecular flexibility index (Phi) is 5.58. The maximum absolute atomic E-state index is 12.9. The van der Waals surface area contributed by atoms with E-state index in [1.165, 1.54) is 0 Å². The Balaban J connectivity index is 1.34. The number of para-hydroxylation sites is 1. The van der Waals surface area contributed by atoms with Gasteiger partial charge in [0, 0.05) is 63.0 Å². The van der Waals surface area contributed by atoms with Crippen molar-refractivity contribution in [2.75, 3.05) is 39.8 Å². The number of furan rings is 1. The fourth-order valence-corrected chi connectivity index (χ4v) is 3.89. The average Bonchev–Trinajstić information content (AvgIpc) is 3.38. The first-order valence-corrected chi connectivity index (χ1v) is 10.2. The number of carbonyl (C=O) groups is 1. The molecule has 0 radical (unpaired) electrons. The first-order valence-electron chi connectivity index (χ1n) is 10.2. The molecule has 0 unspecified atom stereocenters. The first kappa shape index (κ1) is 19.5. The highest BCUT2D eigenvalue weighted by Crippen LogP contribution is 2.29. The van der Waals surface area contributed by atoms with Crippen molar-refractivity contribution in [2.45, 2.75) is 26.3 Å². The lowest BCUT2D eigenvalue weighted by molar-refractivity contribution is 0.0604. The number of nitrogens with zero attached hydrogens (tertiary/aromatic N) is 4. The van der Waals surface area contributed by atoms with Crippen molar-refractivity contribution in [3.63, 3.8) is 0 Å². The third kappa shape index (κ3) is 4.00. The second kappa shape index (κ2) is 8.29. The smallest absolute Gasteiger partial charge is 0.289 e. The van der Waals surface area contributed by atoms with Crippen molar-refractivity contribution in [1.29, 1.82) is 0 Å². The highest BCUT2D eigenvalue weighted by Gasteiger charge is 2.25. The number of imidazole rings is 1. The van der Waals surface area contributed by atoms with Gasteiger partial charge in [-0.2, -0.15) is 0 Å². The fourth-order valence-electron chi connectivity index (χ4n) is 3.89. The maximum Gasteiger partial charge on any atom is 0.289 e. The number of benzene rings is 1. The third-order valence-electron chi connectivity index (χ3n) is 5.52. The van der Waals surface area contributed by atoms with E-state index in [-0.39, 0.29) is 5.91 Å². The number of ether oxygens (including phenoxy) is 1. The molecule has 29 heavy (non-hydrogen) atoms. The number of rotatable bonds is 6. The van der Waals surface area contributed by atoms with Gasteiger partial charge in [-0.05, 0) is 12.1 Å². The molecular formula is C22H28N4O3. The van der Waals surface area contributed by atoms with Crippen molar-refractivity contribution in [1.82, 2.24) is 19.4 Å². The van der Waals surface area contributed by atoms with E-state index < -0.39 is 0 Å². The normalized spacial score (nSPS) is 15.4. The van der Waals surface area contributed by atoms with Crippen LogP contribution in [0.5, 0.6) is 5.75 Å². The Labute approximate surface area is 170 Å². The van der Waals surface area contributed by atoms with Gasteiger partial charge in [0.15, 0.2) is 17.1 Å². The predicted octanol–water partition coefficient (Wildman–Crippen LogP) is 3.22. The van der Waals surface area contributed by atoms with Gasteiger partial charge in [-0.15, -0.1) is 0 Å². The molecule has 1 aliphatic heterocycles. The van der Waals surface area contributed by atoms with Gasteiger partial charge in [-0.25, -0.2) is 4.98 Å². The summed E-state index contributed by atoms with van der Waals surface area (Å²) in [7, 11) is 1.60. The molecule has 0 aliphatic carbocycles. The lowest BCUT2D eigenvalue weighted by atomic mass is 10.2. The summed E-state index contributed by atoms with van der Waals surface area (Å²) in [5, 5.41) is 0.882. The van der Waals surface area contributed by atoms with Crippen molar-refractivity contribution >= 4 is 16.9 Å². The van der Waals surface area contributed by atoms with Crippen LogP contribution in [0.1, 0.15) is 36.1 Å². The van der Waals surface area contributed by atoms with Gasteiger partial charge < -0.3 is 18.6 Å². The van der Waals surface area contributed by atoms with Crippen LogP contribution in [-0.2, 0) is 6.54 Å². The zero-order valence-corrected chi connectivity index (χ0v) is 17.3. The molecule has 3 heterocycles. The molecule has 7 nitrogen and oxygen atoms in total. The summed E-state index contributed by atoms with van der Waals surface area (Å²) in [5.41, 5.74) is 0.623. The zero-order valence-electron chi connectivity index (χ0n) is 17.3. The molecule has 0 bridgehead atoms. The van der Waals surface area contributed by atoms with Crippen molar-refractivity contribution in [2.24, 2.45) is 0 Å². The van der Waals surface area contributed by atoms with Crippen LogP contribution in [0.15, 0.2) is 41.1 Å². The molecular weight excluding hydrogens is 368 g/mol. The number of aromatic nitrogens is 2. The lowest BCUT2D eigenvalue weighted by Gasteiger charge is -2.34. The molecule has 4 rings (SSSR count). The summed E-state index contributed by atoms with van der Waals surface area (Å²) in [6.07, 6.45) is 3.92. The van der Waals surface area contributed by atoms with Gasteiger partial charge in [-0.3, -0.25) is 9.69 Å². The number of fused-ring (bicyclic) bond motifs is 1. The molecule has 1 amide bonds. The van der Waals surface area contributed by atoms with Crippen LogP contribution >= 0.6 is 0 Å². The Bertz CT molecular complexity index is 983. The van der Waals surface area contributed by atoms with E-state index >= 15 is 0 Å². The second-order valence-corrected chi connectivity index (χ2v) is 7.76. The number of methoxy groups -OCH3 is 1. The number of carbonyl (C=O) groups excluding carboxylic acids is 1. The van der Waals surface area contributed by atoms with E-state index in [1.54, 1.807) is 13.2 Å². The third-order valence-corrected chi connectivity index (χ3v) is 5.52. The fraction of sp³-hybridized carbons (Fsp3) is 0.455. The SMILES string of the molecule is COc1cccc2cc(C(=O)N3CCN(CCn4ccnc4C(C)C)CC3)oc12. The van der Waals surface area contributed by atoms with Crippen molar-refractivity contribution in [3.05, 3.63) is 48.2 Å². The van der Waals surface area contributed by atoms with Crippen LogP contribution in [0.4, 0.5) is 0 Å². The van der Waals surface area contributed by atoms with E-state index in [1.807, 2.05) is 35.5 Å². The second-order valence-electron chi connectivity index (χ2n) is 7.76. The molecule has 7 heteroatoms. The largest absolute Gasteiger partial charge is 0.493 e. The molecule has 0 atom stereocenters. The van der Waals surface area contributed by atoms with Crippen LogP contribution in [0.3, 0.4) is 0 Å². The van der Waals surface area contributed by atoms with Gasteiger partial charge in [-0.1, -0.05) is 26.0 Å². The quantitative estimate of drug-likeness (QED) is 0.640. The summed E-state index contributed by atoms with van der Waals surface area (Å²) in [4.78, 5) is 21.6. The topological polar surface area (TPSA) is 63.7 Å². The number of piperazine rings is 1. The maximum atomic E-state index is 12.9. The molecule has 0 saturated carbocycles. The summed E-state index contributed by atoms with van der Waals surface area (Å²) >= 11 is 0. The average molecular weight is 396 g/mol. The van der Waals surface area contributed by atoms with E-state index in [0.717, 1.165) is 37.4 Å². The highest BCUT2D eigenvalue weighted by atomic mass is 16.5. The summed E-state index contributed by atoms with van der Waals surface area (Å²) in [6, 6.07) is 7.47. The monoisotopic (exact) mass is 396 g/mol. The molecule has 2 aromatic heterocycles. The molecule has 154 valence electrons. The van der Waals surface area contributed by atoms with Gasteiger partial charge in [0.1, 0.15) is 5.82 Å². The summed E-state index contributed by atoms with van der Waals surface area (Å²) < 4.78 is 13.4. The molecule has 0 spiro atoms. The lowest BCUT2D eigenvalue weighted by Crippen LogP contribution is -2.49. The van der Waals surface area contributed by atoms with Crippen molar-refractivity contribution in [3.8, 4) is 5.75 Å². The minimum Gasteiger partial charge on any atom is -0.493 e. The van der Waals surface area contributed by atoms with Crippen LogP contribution in [0.25, 0.3) is 11.0 Å². The Hall–Kier alpha value is -2.80. The van der Waals surface area contributed by atoms with Gasteiger partial charge in [0.2, 0.25) is 0 Å². The molecule has 1 saturated heterocycles. The molecule has 3 aromatic rings. The van der Waals surface area contributed by atoms with Gasteiger partial charge in [0.25, 0.3) is 5.91 Å². The van der Waals surface area contributed by atoms with E-state index in [2.05, 4.69) is 28.3 Å². The molecule has 1 aromatic carbocycles. The Morgan fingerprint density at radius 1 is 1.21 bits per heavy atom. The van der Waals surface area contributed by atoms with Gasteiger partial charge >= 0.3 is 0 Å². The number of hydrogen-bond donors (Lipinski definition) is 0. The summed E-state index contributed by atoms with van der Waals surface area (Å²) in [5.74, 6) is 2.50. The van der Waals surface area contributed by atoms with Crippen LogP contribution in [0.2, 0.25) is 0 Å². The summed E-state index contributed by atoms with van der Waals surface area (Å²) in [6.45, 7) is 9.34. The van der Waals surface area contributed by atoms with Gasteiger partial charge in [0.05, 0.1) is 7.11 Å². The number of hydrogen-bond acceptors (Lipinski definition) is 5. The predicted molar refractivity (Wildman–Crippen MR) is 111 cm³/mol. The Morgan fingerprint density at radius 2 is 2.00 bits per heavy atom. The molecule has 1 fully saturated rings. The van der Waals surface area contributed by atoms with E-state index in [4.69, 9.17) is 9.15 Å². The van der Waals surface area contributed by atoms with Crippen LogP contribution in [-0.4, -0.2) is 65.1 Å². The number of amides is 1. The molecule has 1 aliphatic rings. The minimum absolute atomic E-state index is 0.0559. The van der Waals surface area contributed by atoms with Crippen LogP contribution < -0.4 is 4.74 Å². The first-order chi connectivity index (χ1) is 14.1. The zero-order chi connectivity index (χ0) is 20.4. The minimum atomic E-state index is -0.0559. The highest BCUT2D eigenvalue weighted by molar-refractivity contribution is 5.97. The van der Waals surface area contributed by atoms with Crippen LogP contribution in [0, 0.1) is 0 Å². The molecule has 0 N–H and O–H groups in total. The van der Waals surface area contributed by atoms with Crippen molar-refractivity contribution < 1.29 is 13.9 Å². The van der Waals surface area contributed by atoms with E-state index in [9.17, 15) is 4.79 Å². The standard InChI is InChI=1S/C22H28N4O3/c1-16(2)21-23-7-8-25(21)12-9-24-10-13-26(14-11-24)22(27)19-15-17-5-4-6-18(28-3)20(17)29-19/h4-8,15-16H,9-14H2,1-3H3. The van der Waals surface area contributed by atoms with E-state index in [0.29, 0.717) is 36.1 Å². The Morgan fingerprint density at radius 3 is 2.72 bits per heavy atom.